The van der Waals surface area contributed by atoms with Gasteiger partial charge in [-0.3, -0.25) is 4.79 Å². The second kappa shape index (κ2) is 13.1. The monoisotopic (exact) mass is 520 g/mol. The number of carbonyl (C=O) groups is 2. The first-order valence-electron chi connectivity index (χ1n) is 12.6. The Morgan fingerprint density at radius 3 is 2.59 bits per heavy atom. The third kappa shape index (κ3) is 6.98. The van der Waals surface area contributed by atoms with E-state index in [9.17, 15) is 9.59 Å². The summed E-state index contributed by atoms with van der Waals surface area (Å²) in [5, 5.41) is 3.80. The van der Waals surface area contributed by atoms with Crippen molar-refractivity contribution in [3.63, 3.8) is 0 Å². The summed E-state index contributed by atoms with van der Waals surface area (Å²) in [5.41, 5.74) is 3.67. The van der Waals surface area contributed by atoms with Gasteiger partial charge >= 0.3 is 5.97 Å². The van der Waals surface area contributed by atoms with Crippen molar-refractivity contribution in [3.8, 4) is 11.5 Å². The molecule has 0 radical (unpaired) electrons. The van der Waals surface area contributed by atoms with Crippen molar-refractivity contribution >= 4 is 34.4 Å². The molecule has 1 aliphatic carbocycles. The molecule has 4 rings (SSSR count). The van der Waals surface area contributed by atoms with Crippen molar-refractivity contribution in [1.29, 1.82) is 0 Å². The van der Waals surface area contributed by atoms with Crippen LogP contribution in [0.5, 0.6) is 11.5 Å². The van der Waals surface area contributed by atoms with E-state index in [0.29, 0.717) is 36.8 Å². The van der Waals surface area contributed by atoms with Crippen LogP contribution in [0.3, 0.4) is 0 Å². The number of nitrogens with zero attached hydrogens (tertiary/aromatic N) is 1. The number of rotatable bonds is 11. The van der Waals surface area contributed by atoms with Crippen molar-refractivity contribution in [2.75, 3.05) is 19.8 Å². The Kier molecular flexibility index (Phi) is 9.32. The molecule has 3 aromatic rings. The van der Waals surface area contributed by atoms with Gasteiger partial charge < -0.3 is 19.5 Å². The fraction of sp³-hybridized carbons (Fsp3) is 0.345. The highest BCUT2D eigenvalue weighted by Gasteiger charge is 2.25. The largest absolute Gasteiger partial charge is 0.490 e. The Hall–Kier alpha value is -3.65. The first-order valence-corrected chi connectivity index (χ1v) is 13.5. The predicted molar refractivity (Wildman–Crippen MR) is 146 cm³/mol. The van der Waals surface area contributed by atoms with Crippen LogP contribution in [-0.4, -0.2) is 37.9 Å². The van der Waals surface area contributed by atoms with E-state index in [0.717, 1.165) is 47.4 Å². The maximum Gasteiger partial charge on any atom is 0.344 e. The van der Waals surface area contributed by atoms with E-state index < -0.39 is 5.97 Å². The number of carbonyl (C=O) groups excluding carboxylic acids is 2. The summed E-state index contributed by atoms with van der Waals surface area (Å²) in [5.74, 6) is 0.449. The van der Waals surface area contributed by atoms with E-state index in [2.05, 4.69) is 5.32 Å². The molecule has 0 spiro atoms. The minimum Gasteiger partial charge on any atom is -0.490 e. The lowest BCUT2D eigenvalue weighted by Crippen LogP contribution is -2.24. The Morgan fingerprint density at radius 2 is 1.81 bits per heavy atom. The number of nitrogens with one attached hydrogen (secondary N) is 1. The summed E-state index contributed by atoms with van der Waals surface area (Å²) in [6.07, 6.45) is 5.83. The number of aliphatic imine (C=N–C) groups is 1. The van der Waals surface area contributed by atoms with E-state index in [1.54, 1.807) is 30.5 Å². The fourth-order valence-electron chi connectivity index (χ4n) is 4.21. The van der Waals surface area contributed by atoms with Gasteiger partial charge in [0.1, 0.15) is 5.00 Å². The zero-order valence-electron chi connectivity index (χ0n) is 21.2. The number of fused-ring (bicyclic) bond motifs is 1. The van der Waals surface area contributed by atoms with Crippen molar-refractivity contribution in [2.24, 2.45) is 4.99 Å². The third-order valence-electron chi connectivity index (χ3n) is 5.93. The number of aryl methyl sites for hydroxylation is 1. The number of thiophene rings is 1. The second-order valence-electron chi connectivity index (χ2n) is 8.55. The predicted octanol–water partition coefficient (Wildman–Crippen LogP) is 5.65. The van der Waals surface area contributed by atoms with Crippen molar-refractivity contribution in [3.05, 3.63) is 75.7 Å². The van der Waals surface area contributed by atoms with Gasteiger partial charge in [0.2, 0.25) is 0 Å². The van der Waals surface area contributed by atoms with E-state index >= 15 is 0 Å². The number of hydrogen-bond donors (Lipinski definition) is 1. The molecule has 194 valence electrons. The first-order chi connectivity index (χ1) is 18.1. The van der Waals surface area contributed by atoms with Gasteiger partial charge in [-0.15, -0.1) is 11.3 Å². The van der Waals surface area contributed by atoms with Gasteiger partial charge in [-0.25, -0.2) is 9.79 Å². The highest BCUT2D eigenvalue weighted by atomic mass is 32.1. The third-order valence-corrected chi connectivity index (χ3v) is 7.12. The number of esters is 1. The minimum atomic E-state index is -0.435. The van der Waals surface area contributed by atoms with Crippen LogP contribution < -0.4 is 14.8 Å². The zero-order chi connectivity index (χ0) is 26.0. The molecule has 0 aliphatic heterocycles. The molecule has 1 heterocycles. The first kappa shape index (κ1) is 26.4. The van der Waals surface area contributed by atoms with Crippen molar-refractivity contribution in [1.82, 2.24) is 5.32 Å². The molecule has 37 heavy (non-hydrogen) atoms. The van der Waals surface area contributed by atoms with Crippen LogP contribution in [-0.2, 0) is 28.9 Å². The molecule has 2 aromatic carbocycles. The van der Waals surface area contributed by atoms with E-state index in [1.165, 1.54) is 4.88 Å². The van der Waals surface area contributed by atoms with Gasteiger partial charge in [-0.2, -0.15) is 0 Å². The molecule has 0 saturated heterocycles. The summed E-state index contributed by atoms with van der Waals surface area (Å²) in [7, 11) is 0. The van der Waals surface area contributed by atoms with E-state index in [-0.39, 0.29) is 12.5 Å². The lowest BCUT2D eigenvalue weighted by Gasteiger charge is -2.13. The normalized spacial score (nSPS) is 12.7. The maximum atomic E-state index is 13.3. The van der Waals surface area contributed by atoms with Crippen LogP contribution in [0.15, 0.2) is 53.5 Å². The van der Waals surface area contributed by atoms with Crippen LogP contribution in [0.4, 0.5) is 5.00 Å². The highest BCUT2D eigenvalue weighted by molar-refractivity contribution is 7.16. The lowest BCUT2D eigenvalue weighted by atomic mass is 9.95. The molecule has 0 saturated carbocycles. The Balaban J connectivity index is 1.54. The number of benzene rings is 2. The molecule has 1 aliphatic rings. The molecular formula is C29H32N2O5S. The van der Waals surface area contributed by atoms with Gasteiger partial charge in [0.05, 0.1) is 18.8 Å². The lowest BCUT2D eigenvalue weighted by molar-refractivity contribution is -0.145. The summed E-state index contributed by atoms with van der Waals surface area (Å²) >= 11 is 1.60. The van der Waals surface area contributed by atoms with Crippen molar-refractivity contribution in [2.45, 2.75) is 46.1 Å². The number of ether oxygens (including phenoxy) is 3. The summed E-state index contributed by atoms with van der Waals surface area (Å²) in [6.45, 7) is 4.66. The molecule has 1 aromatic heterocycles. The van der Waals surface area contributed by atoms with Crippen LogP contribution >= 0.6 is 11.3 Å². The molecule has 0 atom stereocenters. The van der Waals surface area contributed by atoms with Gasteiger partial charge in [-0.1, -0.05) is 30.3 Å². The average molecular weight is 521 g/mol. The van der Waals surface area contributed by atoms with E-state index in [1.807, 2.05) is 49.4 Å². The second-order valence-corrected chi connectivity index (χ2v) is 9.63. The molecule has 8 heteroatoms. The topological polar surface area (TPSA) is 86.2 Å². The molecule has 1 amide bonds. The quantitative estimate of drug-likeness (QED) is 0.261. The Morgan fingerprint density at radius 1 is 1.00 bits per heavy atom. The number of amides is 1. The van der Waals surface area contributed by atoms with Crippen LogP contribution in [0.2, 0.25) is 0 Å². The van der Waals surface area contributed by atoms with Crippen molar-refractivity contribution < 1.29 is 23.8 Å². The van der Waals surface area contributed by atoms with Crippen LogP contribution in [0.1, 0.15) is 58.6 Å². The Bertz CT molecular complexity index is 1250. The average Bonchev–Trinajstić information content (AvgIpc) is 3.29. The minimum absolute atomic E-state index is 0.0897. The van der Waals surface area contributed by atoms with Gasteiger partial charge in [-0.05, 0) is 74.4 Å². The van der Waals surface area contributed by atoms with E-state index in [4.69, 9.17) is 19.2 Å². The molecule has 7 nitrogen and oxygen atoms in total. The summed E-state index contributed by atoms with van der Waals surface area (Å²) < 4.78 is 16.2. The molecule has 0 fully saturated rings. The SMILES string of the molecule is CCOC(=O)COc1ccc(C=Nc2sc3c(c2C(=O)NCc2ccccc2)CCCC3)cc1OCC. The Labute approximate surface area is 221 Å². The molecular weight excluding hydrogens is 488 g/mol. The zero-order valence-corrected chi connectivity index (χ0v) is 22.1. The number of hydrogen-bond acceptors (Lipinski definition) is 7. The molecule has 1 N–H and O–H groups in total. The summed E-state index contributed by atoms with van der Waals surface area (Å²) in [4.78, 5) is 31.0. The van der Waals surface area contributed by atoms with Crippen LogP contribution in [0.25, 0.3) is 0 Å². The maximum absolute atomic E-state index is 13.3. The fourth-order valence-corrected chi connectivity index (χ4v) is 5.44. The van der Waals surface area contributed by atoms with Crippen LogP contribution in [0, 0.1) is 0 Å². The standard InChI is InChI=1S/C29H32N2O5S/c1-3-34-24-16-21(14-15-23(24)36-19-26(32)35-4-2)18-31-29-27(22-12-8-9-13-25(22)37-29)28(33)30-17-20-10-6-5-7-11-20/h5-7,10-11,14-16,18H,3-4,8-9,12-13,17,19H2,1-2H3,(H,30,33). The smallest absolute Gasteiger partial charge is 0.344 e. The highest BCUT2D eigenvalue weighted by Crippen LogP contribution is 2.40. The molecule has 0 unspecified atom stereocenters. The summed E-state index contributed by atoms with van der Waals surface area (Å²) in [6, 6.07) is 15.3. The van der Waals surface area contributed by atoms with Gasteiger partial charge in [0.15, 0.2) is 18.1 Å². The van der Waals surface area contributed by atoms with Gasteiger partial charge in [0, 0.05) is 17.6 Å². The van der Waals surface area contributed by atoms with Gasteiger partial charge in [0.25, 0.3) is 5.91 Å². The molecule has 0 bridgehead atoms.